The maximum absolute atomic E-state index is 13.4. The number of sulfonamides is 1. The molecule has 9 heteroatoms. The normalized spacial score (nSPS) is 25.2. The molecular weight excluding hydrogens is 370 g/mol. The molecule has 0 N–H and O–H groups in total. The summed E-state index contributed by atoms with van der Waals surface area (Å²) >= 11 is 0. The second kappa shape index (κ2) is 8.12. The quantitative estimate of drug-likeness (QED) is 0.573. The van der Waals surface area contributed by atoms with Crippen LogP contribution in [-0.4, -0.2) is 56.0 Å². The smallest absolute Gasteiger partial charge is 0.270 e. The number of anilines is 1. The first-order valence-electron chi connectivity index (χ1n) is 9.48. The summed E-state index contributed by atoms with van der Waals surface area (Å²) in [6, 6.07) is 4.19. The molecule has 2 aliphatic heterocycles. The van der Waals surface area contributed by atoms with Crippen LogP contribution in [0, 0.1) is 10.1 Å². The van der Waals surface area contributed by atoms with Gasteiger partial charge in [0.05, 0.1) is 22.8 Å². The van der Waals surface area contributed by atoms with Crippen molar-refractivity contribution >= 4 is 21.4 Å². The second-order valence-corrected chi connectivity index (χ2v) is 9.30. The van der Waals surface area contributed by atoms with Crippen LogP contribution >= 0.6 is 0 Å². The van der Waals surface area contributed by atoms with Crippen LogP contribution in [0.1, 0.15) is 39.5 Å². The summed E-state index contributed by atoms with van der Waals surface area (Å²) in [5.41, 5.74) is 0.357. The fraction of sp³-hybridized carbons (Fsp3) is 0.667. The molecule has 2 aliphatic rings. The van der Waals surface area contributed by atoms with Gasteiger partial charge in [0.15, 0.2) is 0 Å². The number of nitro groups is 1. The zero-order valence-electron chi connectivity index (χ0n) is 15.8. The van der Waals surface area contributed by atoms with Gasteiger partial charge in [-0.25, -0.2) is 8.42 Å². The van der Waals surface area contributed by atoms with Crippen molar-refractivity contribution in [2.75, 3.05) is 31.1 Å². The van der Waals surface area contributed by atoms with E-state index in [0.29, 0.717) is 5.69 Å². The molecule has 3 rings (SSSR count). The van der Waals surface area contributed by atoms with E-state index in [1.54, 1.807) is 6.07 Å². The summed E-state index contributed by atoms with van der Waals surface area (Å²) < 4.78 is 33.9. The molecule has 1 aromatic carbocycles. The number of nitrogens with zero attached hydrogens (tertiary/aromatic N) is 3. The lowest BCUT2D eigenvalue weighted by atomic mass is 10.2. The third-order valence-electron chi connectivity index (χ3n) is 5.10. The highest BCUT2D eigenvalue weighted by atomic mass is 32.2. The Morgan fingerprint density at radius 2 is 1.67 bits per heavy atom. The highest BCUT2D eigenvalue weighted by Gasteiger charge is 2.35. The first kappa shape index (κ1) is 20.0. The zero-order chi connectivity index (χ0) is 19.6. The molecule has 0 radical (unpaired) electrons. The predicted molar refractivity (Wildman–Crippen MR) is 103 cm³/mol. The number of rotatable bonds is 4. The van der Waals surface area contributed by atoms with Crippen molar-refractivity contribution in [3.63, 3.8) is 0 Å². The van der Waals surface area contributed by atoms with Crippen molar-refractivity contribution < 1.29 is 18.1 Å². The lowest BCUT2D eigenvalue weighted by molar-refractivity contribution is -0.385. The largest absolute Gasteiger partial charge is 0.373 e. The van der Waals surface area contributed by atoms with Crippen LogP contribution in [-0.2, 0) is 14.8 Å². The summed E-state index contributed by atoms with van der Waals surface area (Å²) in [5.74, 6) is 0. The van der Waals surface area contributed by atoms with Gasteiger partial charge < -0.3 is 9.64 Å². The number of nitro benzene ring substituents is 1. The molecule has 1 aromatic rings. The Labute approximate surface area is 160 Å². The second-order valence-electron chi connectivity index (χ2n) is 7.39. The highest BCUT2D eigenvalue weighted by Crippen LogP contribution is 2.34. The van der Waals surface area contributed by atoms with Crippen LogP contribution in [0.25, 0.3) is 0 Å². The molecule has 0 amide bonds. The lowest BCUT2D eigenvalue weighted by Gasteiger charge is -2.35. The molecular formula is C18H27N3O5S. The van der Waals surface area contributed by atoms with Gasteiger partial charge in [-0.05, 0) is 32.8 Å². The Bertz CT molecular complexity index is 780. The van der Waals surface area contributed by atoms with Gasteiger partial charge in [-0.1, -0.05) is 12.8 Å². The Hall–Kier alpha value is -1.71. The minimum Gasteiger partial charge on any atom is -0.373 e. The monoisotopic (exact) mass is 397 g/mol. The molecule has 0 saturated carbocycles. The van der Waals surface area contributed by atoms with E-state index in [9.17, 15) is 18.5 Å². The van der Waals surface area contributed by atoms with Crippen molar-refractivity contribution in [1.29, 1.82) is 0 Å². The maximum Gasteiger partial charge on any atom is 0.270 e. The van der Waals surface area contributed by atoms with Crippen LogP contribution in [0.5, 0.6) is 0 Å². The number of hydrogen-bond donors (Lipinski definition) is 0. The van der Waals surface area contributed by atoms with E-state index >= 15 is 0 Å². The van der Waals surface area contributed by atoms with Gasteiger partial charge in [0.2, 0.25) is 10.0 Å². The Balaban J connectivity index is 2.04. The number of hydrogen-bond acceptors (Lipinski definition) is 6. The average Bonchev–Trinajstić information content (AvgIpc) is 2.89. The van der Waals surface area contributed by atoms with E-state index < -0.39 is 14.9 Å². The zero-order valence-corrected chi connectivity index (χ0v) is 16.7. The van der Waals surface area contributed by atoms with Crippen LogP contribution in [0.15, 0.2) is 23.1 Å². The van der Waals surface area contributed by atoms with Crippen molar-refractivity contribution in [2.45, 2.75) is 56.6 Å². The summed E-state index contributed by atoms with van der Waals surface area (Å²) in [4.78, 5) is 12.8. The van der Waals surface area contributed by atoms with Gasteiger partial charge in [0, 0.05) is 38.3 Å². The standard InChI is InChI=1S/C18H27N3O5S/c1-14-12-20(13-15(2)26-14)27(24,25)18-11-16(21(22)23)7-8-17(18)19-9-5-3-4-6-10-19/h7-8,11,14-15H,3-6,9-10,12-13H2,1-2H3/t14-,15-/m1/s1. The highest BCUT2D eigenvalue weighted by molar-refractivity contribution is 7.89. The van der Waals surface area contributed by atoms with Crippen molar-refractivity contribution in [2.24, 2.45) is 0 Å². The van der Waals surface area contributed by atoms with Gasteiger partial charge in [-0.15, -0.1) is 0 Å². The van der Waals surface area contributed by atoms with E-state index in [4.69, 9.17) is 4.74 Å². The van der Waals surface area contributed by atoms with Gasteiger partial charge in [-0.2, -0.15) is 4.31 Å². The lowest BCUT2D eigenvalue weighted by Crippen LogP contribution is -2.48. The SMILES string of the molecule is C[C@@H]1CN(S(=O)(=O)c2cc([N+](=O)[O-])ccc2N2CCCCCC2)C[C@@H](C)O1. The topological polar surface area (TPSA) is 93.0 Å². The predicted octanol–water partition coefficient (Wildman–Crippen LogP) is 2.77. The number of benzene rings is 1. The molecule has 27 heavy (non-hydrogen) atoms. The summed E-state index contributed by atoms with van der Waals surface area (Å²) in [6.07, 6.45) is 3.77. The van der Waals surface area contributed by atoms with E-state index in [1.165, 1.54) is 16.4 Å². The van der Waals surface area contributed by atoms with E-state index in [-0.39, 0.29) is 35.9 Å². The van der Waals surface area contributed by atoms with Crippen LogP contribution in [0.4, 0.5) is 11.4 Å². The molecule has 0 unspecified atom stereocenters. The average molecular weight is 397 g/mol. The Morgan fingerprint density at radius 3 is 2.22 bits per heavy atom. The summed E-state index contributed by atoms with van der Waals surface area (Å²) in [7, 11) is -3.87. The van der Waals surface area contributed by atoms with E-state index in [0.717, 1.165) is 38.8 Å². The molecule has 0 spiro atoms. The van der Waals surface area contributed by atoms with Crippen molar-refractivity contribution in [3.8, 4) is 0 Å². The molecule has 2 atom stereocenters. The van der Waals surface area contributed by atoms with Gasteiger partial charge >= 0.3 is 0 Å². The Morgan fingerprint density at radius 1 is 1.07 bits per heavy atom. The number of non-ortho nitro benzene ring substituents is 1. The fourth-order valence-electron chi connectivity index (χ4n) is 3.86. The molecule has 0 aliphatic carbocycles. The Kier molecular flexibility index (Phi) is 6.02. The summed E-state index contributed by atoms with van der Waals surface area (Å²) in [6.45, 7) is 5.68. The third kappa shape index (κ3) is 4.41. The number of morpholine rings is 1. The first-order valence-corrected chi connectivity index (χ1v) is 10.9. The third-order valence-corrected chi connectivity index (χ3v) is 6.97. The van der Waals surface area contributed by atoms with Crippen LogP contribution in [0.3, 0.4) is 0 Å². The van der Waals surface area contributed by atoms with Crippen LogP contribution in [0.2, 0.25) is 0 Å². The maximum atomic E-state index is 13.4. The van der Waals surface area contributed by atoms with Gasteiger partial charge in [-0.3, -0.25) is 10.1 Å². The van der Waals surface area contributed by atoms with E-state index in [1.807, 2.05) is 13.8 Å². The molecule has 2 heterocycles. The molecule has 0 bridgehead atoms. The molecule has 2 fully saturated rings. The number of ether oxygens (including phenoxy) is 1. The van der Waals surface area contributed by atoms with Crippen molar-refractivity contribution in [3.05, 3.63) is 28.3 Å². The fourth-order valence-corrected chi connectivity index (χ4v) is 5.68. The minimum absolute atomic E-state index is 0.0277. The summed E-state index contributed by atoms with van der Waals surface area (Å²) in [5, 5.41) is 11.3. The van der Waals surface area contributed by atoms with Crippen LogP contribution < -0.4 is 4.90 Å². The van der Waals surface area contributed by atoms with Gasteiger partial charge in [0.25, 0.3) is 5.69 Å². The molecule has 0 aromatic heterocycles. The van der Waals surface area contributed by atoms with Gasteiger partial charge in [0.1, 0.15) is 4.90 Å². The molecule has 2 saturated heterocycles. The van der Waals surface area contributed by atoms with E-state index in [2.05, 4.69) is 4.90 Å². The minimum atomic E-state index is -3.87. The van der Waals surface area contributed by atoms with Crippen molar-refractivity contribution in [1.82, 2.24) is 4.31 Å². The molecule has 8 nitrogen and oxygen atoms in total. The molecule has 150 valence electrons. The first-order chi connectivity index (χ1) is 12.8.